The monoisotopic (exact) mass is 457 g/mol. The van der Waals surface area contributed by atoms with Gasteiger partial charge in [0, 0.05) is 21.7 Å². The van der Waals surface area contributed by atoms with Crippen LogP contribution in [-0.4, -0.2) is 18.2 Å². The average Bonchev–Trinajstić information content (AvgIpc) is 3.23. The third-order valence-electron chi connectivity index (χ3n) is 4.88. The first-order valence-corrected chi connectivity index (χ1v) is 9.78. The molecule has 1 heterocycles. The maximum Gasteiger partial charge on any atom is 0.417 e. The van der Waals surface area contributed by atoms with Crippen LogP contribution in [0.4, 0.5) is 13.2 Å². The van der Waals surface area contributed by atoms with Gasteiger partial charge in [-0.3, -0.25) is 0 Å². The molecular formula is C24H15ClF3NO3. The van der Waals surface area contributed by atoms with Crippen molar-refractivity contribution < 1.29 is 27.2 Å². The number of carbonyl (C=O) groups excluding carboxylic acids is 1. The van der Waals surface area contributed by atoms with Crippen LogP contribution >= 0.6 is 11.6 Å². The van der Waals surface area contributed by atoms with Crippen LogP contribution < -0.4 is 0 Å². The molecule has 4 rings (SSSR count). The maximum absolute atomic E-state index is 13.8. The number of nitrogens with zero attached hydrogens (tertiary/aromatic N) is 1. The Kier molecular flexibility index (Phi) is 5.76. The van der Waals surface area contributed by atoms with Crippen molar-refractivity contribution in [1.29, 1.82) is 0 Å². The lowest BCUT2D eigenvalue weighted by Gasteiger charge is -2.14. The van der Waals surface area contributed by atoms with Crippen molar-refractivity contribution in [2.45, 2.75) is 6.18 Å². The fourth-order valence-electron chi connectivity index (χ4n) is 3.37. The summed E-state index contributed by atoms with van der Waals surface area (Å²) >= 11 is 5.96. The predicted molar refractivity (Wildman–Crippen MR) is 114 cm³/mol. The predicted octanol–water partition coefficient (Wildman–Crippen LogP) is 7.13. The third-order valence-corrected chi connectivity index (χ3v) is 5.13. The first-order chi connectivity index (χ1) is 15.3. The molecule has 0 fully saturated rings. The Bertz CT molecular complexity index is 1260. The van der Waals surface area contributed by atoms with Gasteiger partial charge in [-0.25, -0.2) is 4.79 Å². The van der Waals surface area contributed by atoms with Gasteiger partial charge in [-0.05, 0) is 30.3 Å². The maximum atomic E-state index is 13.8. The molecule has 0 aliphatic rings. The van der Waals surface area contributed by atoms with E-state index >= 15 is 0 Å². The van der Waals surface area contributed by atoms with E-state index in [0.717, 1.165) is 6.07 Å². The summed E-state index contributed by atoms with van der Waals surface area (Å²) in [6.45, 7) is 0. The molecule has 0 spiro atoms. The summed E-state index contributed by atoms with van der Waals surface area (Å²) in [4.78, 5) is 11.7. The number of hydrogen-bond acceptors (Lipinski definition) is 4. The van der Waals surface area contributed by atoms with Gasteiger partial charge in [0.15, 0.2) is 5.76 Å². The zero-order chi connectivity index (χ0) is 22.9. The van der Waals surface area contributed by atoms with E-state index in [9.17, 15) is 18.0 Å². The second-order valence-electron chi connectivity index (χ2n) is 6.85. The number of methoxy groups -OCH3 is 1. The molecule has 0 bridgehead atoms. The summed E-state index contributed by atoms with van der Waals surface area (Å²) in [5, 5.41) is 4.57. The van der Waals surface area contributed by atoms with Gasteiger partial charge in [-0.2, -0.15) is 13.2 Å². The normalized spacial score (nSPS) is 11.4. The molecule has 0 N–H and O–H groups in total. The Morgan fingerprint density at radius 3 is 2.19 bits per heavy atom. The summed E-state index contributed by atoms with van der Waals surface area (Å²) in [7, 11) is 1.26. The van der Waals surface area contributed by atoms with Crippen molar-refractivity contribution in [3.63, 3.8) is 0 Å². The van der Waals surface area contributed by atoms with Gasteiger partial charge >= 0.3 is 12.1 Å². The van der Waals surface area contributed by atoms with Gasteiger partial charge < -0.3 is 9.26 Å². The number of halogens is 4. The van der Waals surface area contributed by atoms with Crippen LogP contribution in [0.1, 0.15) is 15.9 Å². The number of hydrogen-bond donors (Lipinski definition) is 0. The number of alkyl halides is 3. The minimum Gasteiger partial charge on any atom is -0.465 e. The van der Waals surface area contributed by atoms with Crippen molar-refractivity contribution in [3.05, 3.63) is 88.9 Å². The fraction of sp³-hybridized carbons (Fsp3) is 0.0833. The standard InChI is InChI=1S/C24H15ClF3NO3/c1-31-23(30)16-8-6-15(7-9-16)22-20(18-4-2-3-5-19(18)24(26,27)28)21(29-32-22)14-10-12-17(25)13-11-14/h2-13H,1H3. The molecule has 162 valence electrons. The molecule has 8 heteroatoms. The number of rotatable bonds is 4. The summed E-state index contributed by atoms with van der Waals surface area (Å²) in [6, 6.07) is 17.9. The summed E-state index contributed by atoms with van der Waals surface area (Å²) in [5.41, 5.74) is 0.839. The molecule has 1 aromatic heterocycles. The van der Waals surface area contributed by atoms with Crippen molar-refractivity contribution in [3.8, 4) is 33.7 Å². The second-order valence-corrected chi connectivity index (χ2v) is 7.29. The van der Waals surface area contributed by atoms with Gasteiger partial charge in [-0.15, -0.1) is 0 Å². The number of carbonyl (C=O) groups is 1. The van der Waals surface area contributed by atoms with E-state index in [1.54, 1.807) is 36.4 Å². The highest BCUT2D eigenvalue weighted by Gasteiger charge is 2.35. The first kappa shape index (κ1) is 21.6. The van der Waals surface area contributed by atoms with E-state index in [0.29, 0.717) is 21.7 Å². The van der Waals surface area contributed by atoms with Crippen LogP contribution in [0.15, 0.2) is 77.3 Å². The lowest BCUT2D eigenvalue weighted by molar-refractivity contribution is -0.137. The van der Waals surface area contributed by atoms with Gasteiger partial charge in [0.1, 0.15) is 5.69 Å². The average molecular weight is 458 g/mol. The van der Waals surface area contributed by atoms with Crippen LogP contribution in [0.2, 0.25) is 5.02 Å². The van der Waals surface area contributed by atoms with Gasteiger partial charge in [0.25, 0.3) is 0 Å². The molecule has 0 radical (unpaired) electrons. The Morgan fingerprint density at radius 2 is 1.56 bits per heavy atom. The summed E-state index contributed by atoms with van der Waals surface area (Å²) < 4.78 is 51.7. The molecule has 4 aromatic rings. The Labute approximate surface area is 186 Å². The Hall–Kier alpha value is -3.58. The number of aromatic nitrogens is 1. The molecule has 32 heavy (non-hydrogen) atoms. The molecule has 0 unspecified atom stereocenters. The van der Waals surface area contributed by atoms with Gasteiger partial charge in [0.2, 0.25) is 0 Å². The number of ether oxygens (including phenoxy) is 1. The Morgan fingerprint density at radius 1 is 0.938 bits per heavy atom. The summed E-state index contributed by atoms with van der Waals surface area (Å²) in [6.07, 6.45) is -4.59. The smallest absolute Gasteiger partial charge is 0.417 e. The lowest BCUT2D eigenvalue weighted by Crippen LogP contribution is -2.07. The van der Waals surface area contributed by atoms with Crippen molar-refractivity contribution in [1.82, 2.24) is 5.16 Å². The van der Waals surface area contributed by atoms with Gasteiger partial charge in [0.05, 0.1) is 23.8 Å². The first-order valence-electron chi connectivity index (χ1n) is 9.40. The minimum atomic E-state index is -4.59. The molecule has 0 aliphatic heterocycles. The van der Waals surface area contributed by atoms with Crippen LogP contribution in [-0.2, 0) is 10.9 Å². The molecule has 0 atom stereocenters. The minimum absolute atomic E-state index is 0.0711. The highest BCUT2D eigenvalue weighted by atomic mass is 35.5. The molecule has 4 nitrogen and oxygen atoms in total. The van der Waals surface area contributed by atoms with E-state index in [-0.39, 0.29) is 22.6 Å². The Balaban J connectivity index is 1.95. The number of esters is 1. The zero-order valence-electron chi connectivity index (χ0n) is 16.6. The van der Waals surface area contributed by atoms with Crippen molar-refractivity contribution in [2.75, 3.05) is 7.11 Å². The zero-order valence-corrected chi connectivity index (χ0v) is 17.4. The van der Waals surface area contributed by atoms with Gasteiger partial charge in [-0.1, -0.05) is 59.2 Å². The molecule has 3 aromatic carbocycles. The van der Waals surface area contributed by atoms with E-state index in [1.165, 1.54) is 37.4 Å². The fourth-order valence-corrected chi connectivity index (χ4v) is 3.49. The topological polar surface area (TPSA) is 52.3 Å². The van der Waals surface area contributed by atoms with E-state index in [4.69, 9.17) is 16.1 Å². The molecule has 0 saturated carbocycles. The SMILES string of the molecule is COC(=O)c1ccc(-c2onc(-c3ccc(Cl)cc3)c2-c2ccccc2C(F)(F)F)cc1. The molecule has 0 amide bonds. The number of benzene rings is 3. The third kappa shape index (κ3) is 4.11. The van der Waals surface area contributed by atoms with E-state index < -0.39 is 17.7 Å². The molecule has 0 aliphatic carbocycles. The van der Waals surface area contributed by atoms with Crippen LogP contribution in [0.25, 0.3) is 33.7 Å². The van der Waals surface area contributed by atoms with Crippen molar-refractivity contribution in [2.24, 2.45) is 0 Å². The lowest BCUT2D eigenvalue weighted by atomic mass is 9.92. The van der Waals surface area contributed by atoms with Crippen LogP contribution in [0.3, 0.4) is 0 Å². The van der Waals surface area contributed by atoms with Crippen LogP contribution in [0.5, 0.6) is 0 Å². The molecule has 0 saturated heterocycles. The highest BCUT2D eigenvalue weighted by molar-refractivity contribution is 6.30. The molecular weight excluding hydrogens is 443 g/mol. The van der Waals surface area contributed by atoms with E-state index in [1.807, 2.05) is 0 Å². The largest absolute Gasteiger partial charge is 0.465 e. The van der Waals surface area contributed by atoms with Crippen molar-refractivity contribution >= 4 is 17.6 Å². The highest BCUT2D eigenvalue weighted by Crippen LogP contribution is 2.45. The van der Waals surface area contributed by atoms with E-state index in [2.05, 4.69) is 9.89 Å². The quantitative estimate of drug-likeness (QED) is 0.306. The van der Waals surface area contributed by atoms with Crippen LogP contribution in [0, 0.1) is 0 Å². The summed E-state index contributed by atoms with van der Waals surface area (Å²) in [5.74, 6) is -0.387. The second kappa shape index (κ2) is 8.51.